The van der Waals surface area contributed by atoms with Gasteiger partial charge in [0.15, 0.2) is 0 Å². The van der Waals surface area contributed by atoms with Gasteiger partial charge >= 0.3 is 0 Å². The fourth-order valence-corrected chi connectivity index (χ4v) is 3.38. The molecule has 1 aliphatic heterocycles. The highest BCUT2D eigenvalue weighted by Gasteiger charge is 2.23. The summed E-state index contributed by atoms with van der Waals surface area (Å²) >= 11 is 0. The summed E-state index contributed by atoms with van der Waals surface area (Å²) in [6.07, 6.45) is 4.04. The van der Waals surface area contributed by atoms with Gasteiger partial charge in [-0.1, -0.05) is 45.9 Å². The molecule has 0 saturated carbocycles. The summed E-state index contributed by atoms with van der Waals surface area (Å²) in [6, 6.07) is 7.85. The standard InChI is InChI=1S/C18H29N/c1-6-16-8-7-11-19(16)13-15-10-9-14(2)17(12-15)18(3,4)5/h9-10,12,16H,6-8,11,13H2,1-5H3/t16-/m1/s1. The highest BCUT2D eigenvalue weighted by atomic mass is 15.2. The van der Waals surface area contributed by atoms with Crippen molar-refractivity contribution in [2.45, 2.75) is 71.9 Å². The molecule has 19 heavy (non-hydrogen) atoms. The molecule has 0 N–H and O–H groups in total. The third kappa shape index (κ3) is 3.39. The van der Waals surface area contributed by atoms with Crippen LogP contribution in [0.4, 0.5) is 0 Å². The molecule has 0 aliphatic carbocycles. The predicted octanol–water partition coefficient (Wildman–Crippen LogP) is 4.67. The number of hydrogen-bond donors (Lipinski definition) is 0. The molecule has 1 aromatic carbocycles. The van der Waals surface area contributed by atoms with E-state index in [1.807, 2.05) is 0 Å². The Kier molecular flexibility index (Phi) is 4.35. The van der Waals surface area contributed by atoms with Crippen LogP contribution < -0.4 is 0 Å². The van der Waals surface area contributed by atoms with E-state index in [9.17, 15) is 0 Å². The van der Waals surface area contributed by atoms with Gasteiger partial charge in [-0.15, -0.1) is 0 Å². The van der Waals surface area contributed by atoms with E-state index in [0.717, 1.165) is 12.6 Å². The Morgan fingerprint density at radius 3 is 2.63 bits per heavy atom. The molecule has 1 fully saturated rings. The SMILES string of the molecule is CC[C@@H]1CCCN1Cc1ccc(C)c(C(C)(C)C)c1. The Morgan fingerprint density at radius 2 is 2.00 bits per heavy atom. The molecule has 1 nitrogen and oxygen atoms in total. The highest BCUT2D eigenvalue weighted by Crippen LogP contribution is 2.28. The summed E-state index contributed by atoms with van der Waals surface area (Å²) in [5, 5.41) is 0. The van der Waals surface area contributed by atoms with E-state index in [1.54, 1.807) is 0 Å². The molecule has 1 heterocycles. The van der Waals surface area contributed by atoms with Crippen molar-refractivity contribution >= 4 is 0 Å². The van der Waals surface area contributed by atoms with Crippen molar-refractivity contribution < 1.29 is 0 Å². The summed E-state index contributed by atoms with van der Waals surface area (Å²) in [6.45, 7) is 13.9. The summed E-state index contributed by atoms with van der Waals surface area (Å²) in [7, 11) is 0. The first-order valence-corrected chi connectivity index (χ1v) is 7.76. The zero-order chi connectivity index (χ0) is 14.0. The molecule has 1 atom stereocenters. The van der Waals surface area contributed by atoms with Crippen molar-refractivity contribution in [3.8, 4) is 0 Å². The maximum absolute atomic E-state index is 2.66. The Hall–Kier alpha value is -0.820. The molecule has 1 aliphatic rings. The van der Waals surface area contributed by atoms with Crippen LogP contribution in [-0.2, 0) is 12.0 Å². The number of nitrogens with zero attached hydrogens (tertiary/aromatic N) is 1. The Labute approximate surface area is 119 Å². The van der Waals surface area contributed by atoms with Gasteiger partial charge in [0, 0.05) is 12.6 Å². The van der Waals surface area contributed by atoms with Crippen LogP contribution in [0.5, 0.6) is 0 Å². The fraction of sp³-hybridized carbons (Fsp3) is 0.667. The molecule has 2 rings (SSSR count). The fourth-order valence-electron chi connectivity index (χ4n) is 3.38. The lowest BCUT2D eigenvalue weighted by atomic mass is 9.83. The van der Waals surface area contributed by atoms with Crippen molar-refractivity contribution in [1.29, 1.82) is 0 Å². The monoisotopic (exact) mass is 259 g/mol. The van der Waals surface area contributed by atoms with Crippen LogP contribution in [0.15, 0.2) is 18.2 Å². The van der Waals surface area contributed by atoms with E-state index in [-0.39, 0.29) is 5.41 Å². The molecule has 0 spiro atoms. The number of likely N-dealkylation sites (tertiary alicyclic amines) is 1. The molecule has 0 unspecified atom stereocenters. The normalized spacial score (nSPS) is 21.0. The van der Waals surface area contributed by atoms with Gasteiger partial charge in [0.2, 0.25) is 0 Å². The average Bonchev–Trinajstić information content (AvgIpc) is 2.77. The van der Waals surface area contributed by atoms with Gasteiger partial charge in [0.1, 0.15) is 0 Å². The molecule has 0 radical (unpaired) electrons. The van der Waals surface area contributed by atoms with Crippen molar-refractivity contribution in [3.63, 3.8) is 0 Å². The molecule has 106 valence electrons. The van der Waals surface area contributed by atoms with Crippen LogP contribution in [0.3, 0.4) is 0 Å². The lowest BCUT2D eigenvalue weighted by Crippen LogP contribution is -2.28. The molecule has 1 heteroatoms. The molecular weight excluding hydrogens is 230 g/mol. The highest BCUT2D eigenvalue weighted by molar-refractivity contribution is 5.35. The minimum atomic E-state index is 0.245. The largest absolute Gasteiger partial charge is 0.296 e. The molecule has 0 aromatic heterocycles. The van der Waals surface area contributed by atoms with Crippen LogP contribution in [0.1, 0.15) is 63.6 Å². The average molecular weight is 259 g/mol. The molecule has 0 amide bonds. The minimum absolute atomic E-state index is 0.245. The number of aryl methyl sites for hydroxylation is 1. The van der Waals surface area contributed by atoms with E-state index < -0.39 is 0 Å². The topological polar surface area (TPSA) is 3.24 Å². The quantitative estimate of drug-likeness (QED) is 0.762. The Bertz CT molecular complexity index is 428. The zero-order valence-corrected chi connectivity index (χ0v) is 13.3. The summed E-state index contributed by atoms with van der Waals surface area (Å²) in [4.78, 5) is 2.66. The first kappa shape index (κ1) is 14.6. The Balaban J connectivity index is 2.17. The second kappa shape index (κ2) is 5.66. The van der Waals surface area contributed by atoms with E-state index in [1.165, 1.54) is 42.5 Å². The maximum Gasteiger partial charge on any atom is 0.0236 e. The molecule has 1 aromatic rings. The smallest absolute Gasteiger partial charge is 0.0236 e. The van der Waals surface area contributed by atoms with E-state index in [4.69, 9.17) is 0 Å². The molecular formula is C18H29N. The van der Waals surface area contributed by atoms with Crippen molar-refractivity contribution in [3.05, 3.63) is 34.9 Å². The van der Waals surface area contributed by atoms with Gasteiger partial charge < -0.3 is 0 Å². The molecule has 0 bridgehead atoms. The second-order valence-corrected chi connectivity index (χ2v) is 7.07. The lowest BCUT2D eigenvalue weighted by Gasteiger charge is -2.26. The van der Waals surface area contributed by atoms with Crippen molar-refractivity contribution in [2.24, 2.45) is 0 Å². The van der Waals surface area contributed by atoms with Crippen LogP contribution in [0.2, 0.25) is 0 Å². The van der Waals surface area contributed by atoms with Crippen molar-refractivity contribution in [1.82, 2.24) is 4.90 Å². The summed E-state index contributed by atoms with van der Waals surface area (Å²) in [5.41, 5.74) is 4.65. The van der Waals surface area contributed by atoms with E-state index in [2.05, 4.69) is 57.7 Å². The summed E-state index contributed by atoms with van der Waals surface area (Å²) < 4.78 is 0. The first-order chi connectivity index (χ1) is 8.91. The predicted molar refractivity (Wildman–Crippen MR) is 83.6 cm³/mol. The summed E-state index contributed by atoms with van der Waals surface area (Å²) in [5.74, 6) is 0. The van der Waals surface area contributed by atoms with Crippen LogP contribution in [0, 0.1) is 6.92 Å². The van der Waals surface area contributed by atoms with Crippen LogP contribution in [-0.4, -0.2) is 17.5 Å². The number of hydrogen-bond acceptors (Lipinski definition) is 1. The van der Waals surface area contributed by atoms with Crippen molar-refractivity contribution in [2.75, 3.05) is 6.54 Å². The van der Waals surface area contributed by atoms with Crippen LogP contribution in [0.25, 0.3) is 0 Å². The van der Waals surface area contributed by atoms with Gasteiger partial charge in [-0.2, -0.15) is 0 Å². The first-order valence-electron chi connectivity index (χ1n) is 7.76. The van der Waals surface area contributed by atoms with Crippen LogP contribution >= 0.6 is 0 Å². The van der Waals surface area contributed by atoms with Gasteiger partial charge in [-0.25, -0.2) is 0 Å². The zero-order valence-electron chi connectivity index (χ0n) is 13.3. The maximum atomic E-state index is 2.66. The number of benzene rings is 1. The van der Waals surface area contributed by atoms with E-state index >= 15 is 0 Å². The third-order valence-corrected chi connectivity index (χ3v) is 4.47. The van der Waals surface area contributed by atoms with Gasteiger partial charge in [-0.3, -0.25) is 4.90 Å². The van der Waals surface area contributed by atoms with E-state index in [0.29, 0.717) is 0 Å². The second-order valence-electron chi connectivity index (χ2n) is 7.07. The van der Waals surface area contributed by atoms with Gasteiger partial charge in [-0.05, 0) is 54.8 Å². The van der Waals surface area contributed by atoms with Gasteiger partial charge in [0.05, 0.1) is 0 Å². The minimum Gasteiger partial charge on any atom is -0.296 e. The lowest BCUT2D eigenvalue weighted by molar-refractivity contribution is 0.240. The third-order valence-electron chi connectivity index (χ3n) is 4.47. The van der Waals surface area contributed by atoms with Gasteiger partial charge in [0.25, 0.3) is 0 Å². The molecule has 1 saturated heterocycles. The number of rotatable bonds is 3. The Morgan fingerprint density at radius 1 is 1.26 bits per heavy atom.